The van der Waals surface area contributed by atoms with Gasteiger partial charge in [-0.2, -0.15) is 8.42 Å². The largest absolute Gasteiger partial charge is 0.277 e. The molecule has 0 N–H and O–H groups in total. The van der Waals surface area contributed by atoms with Gasteiger partial charge < -0.3 is 0 Å². The van der Waals surface area contributed by atoms with Gasteiger partial charge >= 0.3 is 0 Å². The topological polar surface area (TPSA) is 43.4 Å². The molecule has 0 aliphatic heterocycles. The Labute approximate surface area is 189 Å². The molecular formula is C26H32O3S2. The van der Waals surface area contributed by atoms with E-state index in [0.29, 0.717) is 6.42 Å². The van der Waals surface area contributed by atoms with E-state index in [1.807, 2.05) is 91.0 Å². The minimum Gasteiger partial charge on any atom is -0.207 e. The monoisotopic (exact) mass is 456 g/mol. The molecule has 0 radical (unpaired) electrons. The predicted molar refractivity (Wildman–Crippen MR) is 130 cm³/mol. The fourth-order valence-corrected chi connectivity index (χ4v) is 9.07. The first-order valence-corrected chi connectivity index (χ1v) is 14.1. The van der Waals surface area contributed by atoms with E-state index >= 15 is 0 Å². The van der Waals surface area contributed by atoms with Crippen molar-refractivity contribution in [2.24, 2.45) is 0 Å². The molecule has 0 bridgehead atoms. The lowest BCUT2D eigenvalue weighted by Gasteiger charge is -2.39. The Morgan fingerprint density at radius 1 is 0.581 bits per heavy atom. The molecule has 0 aromatic heterocycles. The Hall–Kier alpha value is -2.08. The normalized spacial score (nSPS) is 12.5. The zero-order valence-electron chi connectivity index (χ0n) is 18.2. The molecule has 3 aromatic carbocycles. The number of hydrogen-bond donors (Lipinski definition) is 0. The highest BCUT2D eigenvalue weighted by molar-refractivity contribution is 8.33. The smallest absolute Gasteiger partial charge is 0.207 e. The van der Waals surface area contributed by atoms with E-state index in [0.717, 1.165) is 33.9 Å². The highest BCUT2D eigenvalue weighted by atomic mass is 32.3. The van der Waals surface area contributed by atoms with E-state index in [9.17, 15) is 8.42 Å². The van der Waals surface area contributed by atoms with Crippen molar-refractivity contribution in [2.75, 3.05) is 5.75 Å². The standard InChI is InChI=1S/C26H32O3S2/c1-2-3-4-5-6-16-23-30(27,28)29-31(24-17-10-7-11-18-24,25-19-12-8-13-20-25)26-21-14-9-15-22-26/h7-15,17-22H,2-6,16,23H2,1H3. The Bertz CT molecular complexity index is 908. The lowest BCUT2D eigenvalue weighted by atomic mass is 10.1. The number of benzene rings is 3. The summed E-state index contributed by atoms with van der Waals surface area (Å²) in [5.74, 6) is 0.0420. The fraction of sp³-hybridized carbons (Fsp3) is 0.308. The number of unbranched alkanes of at least 4 members (excludes halogenated alkanes) is 5. The summed E-state index contributed by atoms with van der Waals surface area (Å²) < 4.78 is 32.8. The highest BCUT2D eigenvalue weighted by Crippen LogP contribution is 2.69. The molecule has 31 heavy (non-hydrogen) atoms. The molecule has 0 aliphatic rings. The minimum atomic E-state index is -3.74. The van der Waals surface area contributed by atoms with Gasteiger partial charge in [0.05, 0.1) is 5.75 Å². The highest BCUT2D eigenvalue weighted by Gasteiger charge is 2.37. The minimum absolute atomic E-state index is 0.0420. The van der Waals surface area contributed by atoms with E-state index < -0.39 is 20.4 Å². The molecule has 0 aliphatic carbocycles. The molecule has 166 valence electrons. The molecule has 3 aromatic rings. The number of hydrogen-bond acceptors (Lipinski definition) is 3. The molecule has 0 atom stereocenters. The maximum Gasteiger partial charge on any atom is 0.277 e. The van der Waals surface area contributed by atoms with Crippen LogP contribution in [-0.2, 0) is 13.7 Å². The van der Waals surface area contributed by atoms with Crippen molar-refractivity contribution in [3.8, 4) is 0 Å². The maximum atomic E-state index is 13.3. The molecule has 0 amide bonds. The van der Waals surface area contributed by atoms with Gasteiger partial charge in [-0.3, -0.25) is 0 Å². The van der Waals surface area contributed by atoms with Gasteiger partial charge in [0.25, 0.3) is 10.1 Å². The van der Waals surface area contributed by atoms with Crippen LogP contribution in [0.15, 0.2) is 106 Å². The van der Waals surface area contributed by atoms with Gasteiger partial charge in [0, 0.05) is 14.7 Å². The molecule has 0 spiro atoms. The van der Waals surface area contributed by atoms with Crippen molar-refractivity contribution >= 4 is 20.4 Å². The predicted octanol–water partition coefficient (Wildman–Crippen LogP) is 7.59. The third-order valence-corrected chi connectivity index (χ3v) is 10.4. The van der Waals surface area contributed by atoms with E-state index in [1.54, 1.807) is 0 Å². The third kappa shape index (κ3) is 6.22. The first-order chi connectivity index (χ1) is 15.1. The summed E-state index contributed by atoms with van der Waals surface area (Å²) in [7, 11) is -6.17. The van der Waals surface area contributed by atoms with E-state index in [-0.39, 0.29) is 5.75 Å². The Kier molecular flexibility index (Phi) is 8.76. The van der Waals surface area contributed by atoms with E-state index in [1.165, 1.54) is 12.8 Å². The van der Waals surface area contributed by atoms with Crippen LogP contribution in [0, 0.1) is 0 Å². The third-order valence-electron chi connectivity index (χ3n) is 5.18. The lowest BCUT2D eigenvalue weighted by Crippen LogP contribution is -2.16. The van der Waals surface area contributed by atoms with Gasteiger partial charge in [-0.15, -0.1) is 0 Å². The van der Waals surface area contributed by atoms with Gasteiger partial charge in [-0.1, -0.05) is 93.6 Å². The SMILES string of the molecule is CCCCCCCCS(=O)(=O)OS(c1ccccc1)(c1ccccc1)c1ccccc1. The molecule has 3 nitrogen and oxygen atoms in total. The molecule has 0 heterocycles. The zero-order valence-corrected chi connectivity index (χ0v) is 19.8. The Morgan fingerprint density at radius 3 is 1.39 bits per heavy atom. The summed E-state index contributed by atoms with van der Waals surface area (Å²) >= 11 is 0. The summed E-state index contributed by atoms with van der Waals surface area (Å²) in [5, 5.41) is 0. The quantitative estimate of drug-likeness (QED) is 0.264. The van der Waals surface area contributed by atoms with Crippen LogP contribution in [0.5, 0.6) is 0 Å². The van der Waals surface area contributed by atoms with Crippen LogP contribution in [0.25, 0.3) is 0 Å². The van der Waals surface area contributed by atoms with Gasteiger partial charge in [0.2, 0.25) is 0 Å². The van der Waals surface area contributed by atoms with Crippen LogP contribution in [0.2, 0.25) is 0 Å². The summed E-state index contributed by atoms with van der Waals surface area (Å²) in [6.07, 6.45) is 6.14. The molecule has 0 unspecified atom stereocenters. The van der Waals surface area contributed by atoms with E-state index in [2.05, 4.69) is 6.92 Å². The Balaban J connectivity index is 1.98. The van der Waals surface area contributed by atoms with Crippen molar-refractivity contribution in [3.05, 3.63) is 91.0 Å². The zero-order chi connectivity index (χ0) is 22.0. The first-order valence-electron chi connectivity index (χ1n) is 11.0. The number of rotatable bonds is 12. The Morgan fingerprint density at radius 2 is 0.968 bits per heavy atom. The second-order valence-electron chi connectivity index (χ2n) is 7.59. The van der Waals surface area contributed by atoms with Gasteiger partial charge in [-0.25, -0.2) is 3.63 Å². The van der Waals surface area contributed by atoms with Crippen LogP contribution in [0.3, 0.4) is 0 Å². The van der Waals surface area contributed by atoms with E-state index in [4.69, 9.17) is 3.63 Å². The molecule has 0 saturated heterocycles. The summed E-state index contributed by atoms with van der Waals surface area (Å²) in [6, 6.07) is 29.2. The molecule has 0 fully saturated rings. The van der Waals surface area contributed by atoms with Gasteiger partial charge in [-0.05, 0) is 53.1 Å². The van der Waals surface area contributed by atoms with Crippen LogP contribution >= 0.6 is 10.3 Å². The van der Waals surface area contributed by atoms with Crippen molar-refractivity contribution in [1.82, 2.24) is 0 Å². The van der Waals surface area contributed by atoms with Crippen LogP contribution < -0.4 is 0 Å². The van der Waals surface area contributed by atoms with Crippen LogP contribution in [0.1, 0.15) is 45.4 Å². The first kappa shape index (κ1) is 23.6. The van der Waals surface area contributed by atoms with Crippen molar-refractivity contribution < 1.29 is 12.0 Å². The second-order valence-corrected chi connectivity index (χ2v) is 12.2. The molecule has 0 saturated carbocycles. The van der Waals surface area contributed by atoms with Crippen molar-refractivity contribution in [2.45, 2.75) is 60.1 Å². The van der Waals surface area contributed by atoms with Gasteiger partial charge in [0.15, 0.2) is 0 Å². The summed E-state index contributed by atoms with van der Waals surface area (Å²) in [6.45, 7) is 2.18. The average Bonchev–Trinajstić information content (AvgIpc) is 2.81. The summed E-state index contributed by atoms with van der Waals surface area (Å²) in [4.78, 5) is 2.62. The van der Waals surface area contributed by atoms with Crippen LogP contribution in [-0.4, -0.2) is 14.2 Å². The fourth-order valence-electron chi connectivity index (χ4n) is 3.61. The van der Waals surface area contributed by atoms with Gasteiger partial charge in [0.1, 0.15) is 0 Å². The average molecular weight is 457 g/mol. The molecular weight excluding hydrogens is 424 g/mol. The maximum absolute atomic E-state index is 13.3. The molecule has 5 heteroatoms. The summed E-state index contributed by atoms with van der Waals surface area (Å²) in [5.41, 5.74) is 0. The second kappa shape index (κ2) is 11.5. The van der Waals surface area contributed by atoms with Crippen molar-refractivity contribution in [1.29, 1.82) is 0 Å². The van der Waals surface area contributed by atoms with Crippen molar-refractivity contribution in [3.63, 3.8) is 0 Å². The lowest BCUT2D eigenvalue weighted by molar-refractivity contribution is 0.503. The molecule has 3 rings (SSSR count). The van der Waals surface area contributed by atoms with Crippen LogP contribution in [0.4, 0.5) is 0 Å².